The Labute approximate surface area is 187 Å². The van der Waals surface area contributed by atoms with Crippen LogP contribution in [0.4, 0.5) is 18.9 Å². The Balaban J connectivity index is 0.00000256. The molecule has 1 aromatic heterocycles. The van der Waals surface area contributed by atoms with Gasteiger partial charge in [0, 0.05) is 56.1 Å². The number of hydrogen-bond acceptors (Lipinski definition) is 5. The number of fused-ring (bicyclic) bond motifs is 2. The lowest BCUT2D eigenvalue weighted by molar-refractivity contribution is 0.101. The third-order valence-electron chi connectivity index (χ3n) is 4.94. The van der Waals surface area contributed by atoms with Crippen molar-refractivity contribution in [3.8, 4) is 5.75 Å². The average molecular weight is 558 g/mol. The van der Waals surface area contributed by atoms with Crippen LogP contribution in [-0.2, 0) is 17.1 Å². The summed E-state index contributed by atoms with van der Waals surface area (Å²) in [5.41, 5.74) is -0.479. The Morgan fingerprint density at radius 1 is 1.23 bits per heavy atom. The van der Waals surface area contributed by atoms with Crippen LogP contribution in [0.1, 0.15) is 10.5 Å². The van der Waals surface area contributed by atoms with Gasteiger partial charge in [-0.1, -0.05) is 0 Å². The summed E-state index contributed by atoms with van der Waals surface area (Å²) in [6.07, 6.45) is 1.22. The monoisotopic (exact) mass is 558 g/mol. The second kappa shape index (κ2) is 8.36. The van der Waals surface area contributed by atoms with Crippen molar-refractivity contribution in [2.45, 2.75) is 10.9 Å². The second-order valence-electron chi connectivity index (χ2n) is 6.95. The summed E-state index contributed by atoms with van der Waals surface area (Å²) in [5.74, 6) is -5.75. The molecule has 30 heavy (non-hydrogen) atoms. The van der Waals surface area contributed by atoms with Gasteiger partial charge in [-0.15, -0.1) is 24.0 Å². The molecule has 0 spiro atoms. The van der Waals surface area contributed by atoms with Crippen LogP contribution in [0, 0.1) is 23.4 Å². The van der Waals surface area contributed by atoms with Crippen molar-refractivity contribution in [1.82, 2.24) is 14.6 Å². The summed E-state index contributed by atoms with van der Waals surface area (Å²) in [7, 11) is -2.53. The smallest absolute Gasteiger partial charge is 0.276 e. The van der Waals surface area contributed by atoms with Gasteiger partial charge >= 0.3 is 0 Å². The number of sulfonamides is 1. The molecule has 1 fully saturated rings. The highest BCUT2D eigenvalue weighted by Crippen LogP contribution is 2.34. The summed E-state index contributed by atoms with van der Waals surface area (Å²) in [4.78, 5) is 12.5. The number of nitrogens with zero attached hydrogens (tertiary/aromatic N) is 1. The molecule has 3 N–H and O–H groups in total. The van der Waals surface area contributed by atoms with E-state index in [0.29, 0.717) is 25.2 Å². The first-order valence-corrected chi connectivity index (χ1v) is 10.2. The molecular formula is C17H18F3IN4O4S. The second-order valence-corrected chi connectivity index (χ2v) is 8.63. The number of carbonyl (C=O) groups excluding carboxylic acids is 1. The number of amides is 1. The maximum absolute atomic E-state index is 13.4. The van der Waals surface area contributed by atoms with Crippen molar-refractivity contribution in [2.75, 3.05) is 25.0 Å². The lowest BCUT2D eigenvalue weighted by Crippen LogP contribution is -2.43. The first-order chi connectivity index (χ1) is 13.7. The molecule has 1 aromatic carbocycles. The first kappa shape index (κ1) is 22.8. The minimum Gasteiger partial charge on any atom is -0.489 e. The molecule has 2 atom stereocenters. The molecule has 1 saturated heterocycles. The minimum atomic E-state index is -3.97. The van der Waals surface area contributed by atoms with Gasteiger partial charge in [0.15, 0.2) is 28.9 Å². The number of aromatic nitrogens is 1. The van der Waals surface area contributed by atoms with Crippen LogP contribution in [0.2, 0.25) is 0 Å². The Morgan fingerprint density at radius 2 is 1.90 bits per heavy atom. The molecule has 2 aliphatic rings. The maximum atomic E-state index is 13.4. The van der Waals surface area contributed by atoms with Gasteiger partial charge in [-0.3, -0.25) is 4.79 Å². The van der Waals surface area contributed by atoms with E-state index in [0.717, 1.165) is 0 Å². The van der Waals surface area contributed by atoms with E-state index in [2.05, 4.69) is 15.4 Å². The molecule has 2 aromatic rings. The van der Waals surface area contributed by atoms with E-state index in [-0.39, 0.29) is 64.6 Å². The van der Waals surface area contributed by atoms with Crippen LogP contribution in [0.5, 0.6) is 5.75 Å². The summed E-state index contributed by atoms with van der Waals surface area (Å²) >= 11 is 0. The first-order valence-electron chi connectivity index (χ1n) is 8.68. The molecule has 0 bridgehead atoms. The number of benzene rings is 1. The van der Waals surface area contributed by atoms with Gasteiger partial charge in [0.1, 0.15) is 4.90 Å². The van der Waals surface area contributed by atoms with Gasteiger partial charge in [0.25, 0.3) is 5.91 Å². The van der Waals surface area contributed by atoms with Gasteiger partial charge in [-0.25, -0.2) is 26.3 Å². The number of aryl methyl sites for hydroxylation is 1. The van der Waals surface area contributed by atoms with Crippen molar-refractivity contribution in [3.05, 3.63) is 41.5 Å². The Kier molecular flexibility index (Phi) is 6.36. The quantitative estimate of drug-likeness (QED) is 0.384. The molecular weight excluding hydrogens is 540 g/mol. The highest BCUT2D eigenvalue weighted by atomic mass is 127. The molecule has 0 saturated carbocycles. The van der Waals surface area contributed by atoms with Crippen molar-refractivity contribution in [1.29, 1.82) is 0 Å². The van der Waals surface area contributed by atoms with Crippen molar-refractivity contribution < 1.29 is 31.1 Å². The molecule has 2 unspecified atom stereocenters. The number of anilines is 1. The lowest BCUT2D eigenvalue weighted by Gasteiger charge is -2.24. The number of ether oxygens (including phenoxy) is 1. The van der Waals surface area contributed by atoms with Crippen molar-refractivity contribution in [3.63, 3.8) is 0 Å². The third kappa shape index (κ3) is 4.02. The zero-order chi connectivity index (χ0) is 20.9. The molecule has 164 valence electrons. The summed E-state index contributed by atoms with van der Waals surface area (Å²) < 4.78 is 75.0. The van der Waals surface area contributed by atoms with E-state index in [1.54, 1.807) is 0 Å². The Morgan fingerprint density at radius 3 is 2.57 bits per heavy atom. The molecule has 2 aliphatic heterocycles. The molecule has 0 aliphatic carbocycles. The van der Waals surface area contributed by atoms with Crippen LogP contribution in [-0.4, -0.2) is 44.6 Å². The average Bonchev–Trinajstić information content (AvgIpc) is 3.20. The summed E-state index contributed by atoms with van der Waals surface area (Å²) in [6.45, 7) is 1.17. The fraction of sp³-hybridized carbons (Fsp3) is 0.353. The fourth-order valence-electron chi connectivity index (χ4n) is 3.49. The van der Waals surface area contributed by atoms with E-state index >= 15 is 0 Å². The minimum absolute atomic E-state index is 0. The fourth-order valence-corrected chi connectivity index (χ4v) is 4.99. The molecule has 4 rings (SSSR count). The molecule has 0 radical (unpaired) electrons. The van der Waals surface area contributed by atoms with E-state index in [9.17, 15) is 26.4 Å². The van der Waals surface area contributed by atoms with E-state index < -0.39 is 33.4 Å². The topological polar surface area (TPSA) is 101 Å². The zero-order valence-corrected chi connectivity index (χ0v) is 18.7. The summed E-state index contributed by atoms with van der Waals surface area (Å²) in [6, 6.07) is 0.907. The van der Waals surface area contributed by atoms with Gasteiger partial charge in [0.05, 0.1) is 6.61 Å². The predicted molar refractivity (Wildman–Crippen MR) is 111 cm³/mol. The molecule has 1 amide bonds. The Bertz CT molecular complexity index is 1090. The normalized spacial score (nSPS) is 22.0. The van der Waals surface area contributed by atoms with Crippen LogP contribution in [0.15, 0.2) is 23.2 Å². The molecule has 3 heterocycles. The number of hydrogen-bond donors (Lipinski definition) is 3. The van der Waals surface area contributed by atoms with Crippen LogP contribution in [0.25, 0.3) is 0 Å². The SMILES string of the molecule is Cn1cc2c(c1C(=O)Nc1cc(F)c(F)c(F)c1)OCC1CNCC1NS2(=O)=O.I. The van der Waals surface area contributed by atoms with Gasteiger partial charge in [-0.05, 0) is 0 Å². The largest absolute Gasteiger partial charge is 0.489 e. The highest BCUT2D eigenvalue weighted by molar-refractivity contribution is 14.0. The van der Waals surface area contributed by atoms with Crippen LogP contribution >= 0.6 is 24.0 Å². The summed E-state index contributed by atoms with van der Waals surface area (Å²) in [5, 5.41) is 5.32. The van der Waals surface area contributed by atoms with E-state index in [1.165, 1.54) is 17.8 Å². The molecule has 8 nitrogen and oxygen atoms in total. The Hall–Kier alpha value is -1.84. The van der Waals surface area contributed by atoms with Crippen LogP contribution in [0.3, 0.4) is 0 Å². The van der Waals surface area contributed by atoms with E-state index in [4.69, 9.17) is 4.74 Å². The van der Waals surface area contributed by atoms with Crippen molar-refractivity contribution >= 4 is 45.6 Å². The number of halogens is 4. The number of carbonyl (C=O) groups is 1. The lowest BCUT2D eigenvalue weighted by atomic mass is 10.1. The van der Waals surface area contributed by atoms with Gasteiger partial charge in [-0.2, -0.15) is 0 Å². The van der Waals surface area contributed by atoms with Crippen LogP contribution < -0.4 is 20.1 Å². The van der Waals surface area contributed by atoms with Gasteiger partial charge < -0.3 is 19.9 Å². The van der Waals surface area contributed by atoms with E-state index in [1.807, 2.05) is 0 Å². The predicted octanol–water partition coefficient (Wildman–Crippen LogP) is 1.57. The third-order valence-corrected chi connectivity index (χ3v) is 6.42. The molecule has 13 heteroatoms. The zero-order valence-electron chi connectivity index (χ0n) is 15.5. The highest BCUT2D eigenvalue weighted by Gasteiger charge is 2.38. The standard InChI is InChI=1S/C17H17F3N4O4S.HI/c1-24-6-13-16(28-7-8-4-21-5-12(8)23-29(13,26)27)15(24)17(25)22-9-2-10(18)14(20)11(19)3-9;/h2-3,6,8,12,21,23H,4-5,7H2,1H3,(H,22,25);1H. The van der Waals surface area contributed by atoms with Gasteiger partial charge in [0.2, 0.25) is 10.0 Å². The number of rotatable bonds is 2. The maximum Gasteiger partial charge on any atom is 0.276 e. The number of nitrogens with one attached hydrogen (secondary N) is 3. The van der Waals surface area contributed by atoms with Crippen molar-refractivity contribution in [2.24, 2.45) is 13.0 Å².